The fraction of sp³-hybridized carbons (Fsp3) is 0.769. The van der Waals surface area contributed by atoms with Gasteiger partial charge in [-0.3, -0.25) is 14.9 Å². The third-order valence-corrected chi connectivity index (χ3v) is 3.83. The molecule has 0 aromatic carbocycles. The van der Waals surface area contributed by atoms with Gasteiger partial charge in [0.05, 0.1) is 6.54 Å². The van der Waals surface area contributed by atoms with Crippen molar-refractivity contribution in [3.63, 3.8) is 0 Å². The maximum absolute atomic E-state index is 12.2. The Morgan fingerprint density at radius 2 is 2.25 bits per heavy atom. The Labute approximate surface area is 118 Å². The lowest BCUT2D eigenvalue weighted by Gasteiger charge is -2.38. The van der Waals surface area contributed by atoms with Crippen LogP contribution < -0.4 is 10.6 Å². The van der Waals surface area contributed by atoms with Crippen molar-refractivity contribution >= 4 is 17.8 Å². The molecule has 2 rings (SSSR count). The number of hydrogen-bond acceptors (Lipinski definition) is 4. The van der Waals surface area contributed by atoms with E-state index < -0.39 is 11.6 Å². The van der Waals surface area contributed by atoms with Gasteiger partial charge in [-0.15, -0.1) is 0 Å². The molecule has 7 heteroatoms. The quantitative estimate of drug-likeness (QED) is 0.703. The van der Waals surface area contributed by atoms with Gasteiger partial charge in [0.25, 0.3) is 5.91 Å². The Morgan fingerprint density at radius 1 is 1.50 bits per heavy atom. The highest BCUT2D eigenvalue weighted by Crippen LogP contribution is 2.25. The molecule has 2 fully saturated rings. The lowest BCUT2D eigenvalue weighted by molar-refractivity contribution is -0.137. The predicted octanol–water partition coefficient (Wildman–Crippen LogP) is -0.140. The molecule has 0 bridgehead atoms. The standard InChI is InChI=1S/C13H21N3O4/c1-9(7-20-2)6-10(17)16-5-3-4-13(8-16)11(18)14-12(19)15-13/h9H,3-8H2,1-2H3,(H2,14,15,18,19). The van der Waals surface area contributed by atoms with Crippen molar-refractivity contribution in [2.24, 2.45) is 5.92 Å². The van der Waals surface area contributed by atoms with E-state index in [0.29, 0.717) is 32.4 Å². The predicted molar refractivity (Wildman–Crippen MR) is 70.9 cm³/mol. The van der Waals surface area contributed by atoms with Crippen LogP contribution in [0.1, 0.15) is 26.2 Å². The van der Waals surface area contributed by atoms with Crippen molar-refractivity contribution in [2.75, 3.05) is 26.8 Å². The van der Waals surface area contributed by atoms with Crippen molar-refractivity contribution in [2.45, 2.75) is 31.7 Å². The van der Waals surface area contributed by atoms with Crippen molar-refractivity contribution in [3.8, 4) is 0 Å². The largest absolute Gasteiger partial charge is 0.384 e. The molecular weight excluding hydrogens is 262 g/mol. The normalized spacial score (nSPS) is 27.4. The Kier molecular flexibility index (Phi) is 4.27. The molecule has 4 amide bonds. The summed E-state index contributed by atoms with van der Waals surface area (Å²) in [5, 5.41) is 4.92. The molecule has 2 N–H and O–H groups in total. The number of amides is 4. The zero-order chi connectivity index (χ0) is 14.8. The van der Waals surface area contributed by atoms with Crippen LogP contribution in [0.25, 0.3) is 0 Å². The van der Waals surface area contributed by atoms with E-state index in [-0.39, 0.29) is 24.3 Å². The molecule has 7 nitrogen and oxygen atoms in total. The summed E-state index contributed by atoms with van der Waals surface area (Å²) < 4.78 is 5.02. The summed E-state index contributed by atoms with van der Waals surface area (Å²) >= 11 is 0. The number of hydrogen-bond donors (Lipinski definition) is 2. The van der Waals surface area contributed by atoms with E-state index in [1.807, 2.05) is 6.92 Å². The molecule has 2 atom stereocenters. The smallest absolute Gasteiger partial charge is 0.322 e. The second-order valence-electron chi connectivity index (χ2n) is 5.67. The van der Waals surface area contributed by atoms with E-state index in [9.17, 15) is 14.4 Å². The summed E-state index contributed by atoms with van der Waals surface area (Å²) in [6.45, 7) is 3.36. The number of ether oxygens (including phenoxy) is 1. The monoisotopic (exact) mass is 283 g/mol. The molecule has 112 valence electrons. The molecule has 0 aliphatic carbocycles. The topological polar surface area (TPSA) is 87.7 Å². The van der Waals surface area contributed by atoms with Crippen LogP contribution in [0, 0.1) is 5.92 Å². The number of nitrogens with zero attached hydrogens (tertiary/aromatic N) is 1. The van der Waals surface area contributed by atoms with E-state index in [0.717, 1.165) is 0 Å². The van der Waals surface area contributed by atoms with E-state index in [2.05, 4.69) is 10.6 Å². The Morgan fingerprint density at radius 3 is 2.85 bits per heavy atom. The first-order valence-corrected chi connectivity index (χ1v) is 6.87. The molecule has 2 unspecified atom stereocenters. The summed E-state index contributed by atoms with van der Waals surface area (Å²) in [4.78, 5) is 37.1. The summed E-state index contributed by atoms with van der Waals surface area (Å²) in [6, 6.07) is -0.475. The summed E-state index contributed by atoms with van der Waals surface area (Å²) in [5.74, 6) is -0.190. The van der Waals surface area contributed by atoms with Crippen LogP contribution in [0.2, 0.25) is 0 Å². The number of rotatable bonds is 4. The van der Waals surface area contributed by atoms with Crippen LogP contribution in [-0.4, -0.2) is 55.1 Å². The Bertz CT molecular complexity index is 426. The SMILES string of the molecule is COCC(C)CC(=O)N1CCCC2(C1)NC(=O)NC2=O. The van der Waals surface area contributed by atoms with Gasteiger partial charge in [-0.05, 0) is 18.8 Å². The minimum atomic E-state index is -0.935. The van der Waals surface area contributed by atoms with E-state index in [4.69, 9.17) is 4.74 Å². The highest BCUT2D eigenvalue weighted by molar-refractivity contribution is 6.07. The molecule has 20 heavy (non-hydrogen) atoms. The minimum absolute atomic E-state index is 0.00238. The minimum Gasteiger partial charge on any atom is -0.384 e. The van der Waals surface area contributed by atoms with Gasteiger partial charge in [0, 0.05) is 26.7 Å². The van der Waals surface area contributed by atoms with Crippen molar-refractivity contribution in [3.05, 3.63) is 0 Å². The van der Waals surface area contributed by atoms with Gasteiger partial charge >= 0.3 is 6.03 Å². The average molecular weight is 283 g/mol. The number of carbonyl (C=O) groups excluding carboxylic acids is 3. The summed E-state index contributed by atoms with van der Waals surface area (Å²) in [6.07, 6.45) is 1.67. The first kappa shape index (κ1) is 14.8. The average Bonchev–Trinajstić information content (AvgIpc) is 2.64. The van der Waals surface area contributed by atoms with Gasteiger partial charge in [-0.2, -0.15) is 0 Å². The van der Waals surface area contributed by atoms with Crippen LogP contribution in [0.3, 0.4) is 0 Å². The van der Waals surface area contributed by atoms with Crippen LogP contribution in [0.5, 0.6) is 0 Å². The number of likely N-dealkylation sites (tertiary alicyclic amines) is 1. The third-order valence-electron chi connectivity index (χ3n) is 3.83. The van der Waals surface area contributed by atoms with Crippen molar-refractivity contribution in [1.29, 1.82) is 0 Å². The van der Waals surface area contributed by atoms with E-state index in [1.54, 1.807) is 12.0 Å². The first-order valence-electron chi connectivity index (χ1n) is 6.87. The zero-order valence-corrected chi connectivity index (χ0v) is 11.9. The molecule has 0 aromatic rings. The first-order chi connectivity index (χ1) is 9.47. The number of urea groups is 1. The van der Waals surface area contributed by atoms with Crippen LogP contribution in [0.4, 0.5) is 4.79 Å². The second-order valence-corrected chi connectivity index (χ2v) is 5.67. The van der Waals surface area contributed by atoms with Gasteiger partial charge in [0.15, 0.2) is 0 Å². The third kappa shape index (κ3) is 2.92. The van der Waals surface area contributed by atoms with Gasteiger partial charge in [0.1, 0.15) is 5.54 Å². The number of piperidine rings is 1. The van der Waals surface area contributed by atoms with Crippen LogP contribution in [-0.2, 0) is 14.3 Å². The molecule has 0 aromatic heterocycles. The van der Waals surface area contributed by atoms with Crippen LogP contribution >= 0.6 is 0 Å². The molecule has 2 aliphatic rings. The highest BCUT2D eigenvalue weighted by atomic mass is 16.5. The van der Waals surface area contributed by atoms with Crippen molar-refractivity contribution < 1.29 is 19.1 Å². The van der Waals surface area contributed by atoms with Crippen LogP contribution in [0.15, 0.2) is 0 Å². The number of nitrogens with one attached hydrogen (secondary N) is 2. The molecule has 0 saturated carbocycles. The molecule has 2 heterocycles. The maximum atomic E-state index is 12.2. The molecule has 2 aliphatic heterocycles. The zero-order valence-electron chi connectivity index (χ0n) is 11.9. The summed E-state index contributed by atoms with van der Waals surface area (Å²) in [5.41, 5.74) is -0.935. The Balaban J connectivity index is 1.98. The highest BCUT2D eigenvalue weighted by Gasteiger charge is 2.49. The fourth-order valence-corrected chi connectivity index (χ4v) is 2.85. The number of imide groups is 1. The van der Waals surface area contributed by atoms with Gasteiger partial charge in [-0.25, -0.2) is 4.79 Å². The number of methoxy groups -OCH3 is 1. The molecule has 2 saturated heterocycles. The van der Waals surface area contributed by atoms with Gasteiger partial charge in [0.2, 0.25) is 5.91 Å². The Hall–Kier alpha value is -1.63. The summed E-state index contributed by atoms with van der Waals surface area (Å²) in [7, 11) is 1.61. The molecule has 1 spiro atoms. The van der Waals surface area contributed by atoms with Gasteiger partial charge in [-0.1, -0.05) is 6.92 Å². The van der Waals surface area contributed by atoms with Gasteiger partial charge < -0.3 is 15.0 Å². The maximum Gasteiger partial charge on any atom is 0.322 e. The number of carbonyl (C=O) groups is 3. The molecular formula is C13H21N3O4. The van der Waals surface area contributed by atoms with E-state index in [1.165, 1.54) is 0 Å². The molecule has 0 radical (unpaired) electrons. The lowest BCUT2D eigenvalue weighted by Crippen LogP contribution is -2.59. The van der Waals surface area contributed by atoms with E-state index >= 15 is 0 Å². The fourth-order valence-electron chi connectivity index (χ4n) is 2.85. The second kappa shape index (κ2) is 5.78. The lowest BCUT2D eigenvalue weighted by atomic mass is 9.89. The van der Waals surface area contributed by atoms with Crippen molar-refractivity contribution in [1.82, 2.24) is 15.5 Å².